The molecule has 22 heavy (non-hydrogen) atoms. The zero-order chi connectivity index (χ0) is 15.5. The van der Waals surface area contributed by atoms with Gasteiger partial charge in [-0.2, -0.15) is 11.8 Å². The van der Waals surface area contributed by atoms with Gasteiger partial charge in [-0.3, -0.25) is 9.69 Å². The highest BCUT2D eigenvalue weighted by molar-refractivity contribution is 8.00. The van der Waals surface area contributed by atoms with Crippen LogP contribution in [-0.2, 0) is 11.3 Å². The molecular formula is C17H25N3OS. The lowest BCUT2D eigenvalue weighted by molar-refractivity contribution is -0.122. The van der Waals surface area contributed by atoms with E-state index in [2.05, 4.69) is 41.4 Å². The number of hydrogen-bond acceptors (Lipinski definition) is 4. The van der Waals surface area contributed by atoms with Crippen molar-refractivity contribution in [3.8, 4) is 0 Å². The van der Waals surface area contributed by atoms with Crippen LogP contribution in [0.4, 0.5) is 5.69 Å². The Balaban J connectivity index is 1.62. The van der Waals surface area contributed by atoms with Crippen LogP contribution in [0.1, 0.15) is 31.7 Å². The maximum Gasteiger partial charge on any atom is 0.234 e. The van der Waals surface area contributed by atoms with E-state index in [-0.39, 0.29) is 11.9 Å². The van der Waals surface area contributed by atoms with E-state index in [0.717, 1.165) is 31.2 Å². The molecule has 0 aliphatic carbocycles. The minimum Gasteiger partial charge on any atom is -0.381 e. The number of rotatable bonds is 5. The summed E-state index contributed by atoms with van der Waals surface area (Å²) in [5.41, 5.74) is 7.93. The van der Waals surface area contributed by atoms with Gasteiger partial charge < -0.3 is 11.1 Å². The Morgan fingerprint density at radius 3 is 3.09 bits per heavy atom. The first-order valence-electron chi connectivity index (χ1n) is 8.12. The van der Waals surface area contributed by atoms with E-state index < -0.39 is 0 Å². The number of nitrogens with one attached hydrogen (secondary N) is 1. The van der Waals surface area contributed by atoms with E-state index in [1.807, 2.05) is 11.8 Å². The van der Waals surface area contributed by atoms with E-state index >= 15 is 0 Å². The second-order valence-corrected chi connectivity index (χ2v) is 7.92. The van der Waals surface area contributed by atoms with Crippen molar-refractivity contribution in [1.29, 1.82) is 0 Å². The molecule has 3 atom stereocenters. The summed E-state index contributed by atoms with van der Waals surface area (Å²) in [7, 11) is 0. The van der Waals surface area contributed by atoms with Crippen LogP contribution in [0.25, 0.3) is 0 Å². The van der Waals surface area contributed by atoms with Gasteiger partial charge in [-0.05, 0) is 43.5 Å². The minimum atomic E-state index is -0.191. The van der Waals surface area contributed by atoms with Crippen LogP contribution in [0.15, 0.2) is 24.3 Å². The highest BCUT2D eigenvalue weighted by Crippen LogP contribution is 2.28. The summed E-state index contributed by atoms with van der Waals surface area (Å²) in [5, 5.41) is 4.39. The summed E-state index contributed by atoms with van der Waals surface area (Å²) < 4.78 is 0. The molecule has 120 valence electrons. The van der Waals surface area contributed by atoms with Crippen molar-refractivity contribution in [3.63, 3.8) is 0 Å². The van der Waals surface area contributed by atoms with Gasteiger partial charge in [0.05, 0.1) is 6.04 Å². The Morgan fingerprint density at radius 2 is 2.36 bits per heavy atom. The van der Waals surface area contributed by atoms with Crippen molar-refractivity contribution < 1.29 is 4.79 Å². The van der Waals surface area contributed by atoms with E-state index in [4.69, 9.17) is 5.73 Å². The van der Waals surface area contributed by atoms with Crippen LogP contribution < -0.4 is 11.1 Å². The number of anilines is 1. The van der Waals surface area contributed by atoms with E-state index in [9.17, 15) is 4.79 Å². The fraction of sp³-hybridized carbons (Fsp3) is 0.588. The predicted molar refractivity (Wildman–Crippen MR) is 93.0 cm³/mol. The van der Waals surface area contributed by atoms with Gasteiger partial charge in [0.2, 0.25) is 5.91 Å². The number of likely N-dealkylation sites (tertiary alicyclic amines) is 1. The van der Waals surface area contributed by atoms with Gasteiger partial charge in [-0.1, -0.05) is 19.1 Å². The second kappa shape index (κ2) is 6.92. The largest absolute Gasteiger partial charge is 0.381 e. The molecule has 1 aromatic carbocycles. The van der Waals surface area contributed by atoms with Crippen LogP contribution >= 0.6 is 11.8 Å². The Bertz CT molecular complexity index is 536. The third-order valence-corrected chi connectivity index (χ3v) is 5.93. The SMILES string of the molecule is C[C@@H]1C[C@H](Nc2cccc(CN3CCC[C@@H]3C(N)=O)c2)CS1. The highest BCUT2D eigenvalue weighted by atomic mass is 32.2. The molecule has 0 spiro atoms. The van der Waals surface area contributed by atoms with Gasteiger partial charge in [0.15, 0.2) is 0 Å². The lowest BCUT2D eigenvalue weighted by Gasteiger charge is -2.22. The van der Waals surface area contributed by atoms with Crippen molar-refractivity contribution in [1.82, 2.24) is 4.90 Å². The molecule has 1 aromatic rings. The van der Waals surface area contributed by atoms with Crippen LogP contribution in [0.3, 0.4) is 0 Å². The molecule has 0 radical (unpaired) electrons. The number of hydrogen-bond donors (Lipinski definition) is 2. The van der Waals surface area contributed by atoms with Crippen molar-refractivity contribution in [2.75, 3.05) is 17.6 Å². The number of carbonyl (C=O) groups excluding carboxylic acids is 1. The molecule has 3 rings (SSSR count). The number of carbonyl (C=O) groups is 1. The standard InChI is InChI=1S/C17H25N3OS/c1-12-8-15(11-22-12)19-14-5-2-4-13(9-14)10-20-7-3-6-16(20)17(18)21/h2,4-5,9,12,15-16,19H,3,6-8,10-11H2,1H3,(H2,18,21)/t12-,15+,16-/m1/s1. The summed E-state index contributed by atoms with van der Waals surface area (Å²) in [5.74, 6) is 0.991. The zero-order valence-electron chi connectivity index (χ0n) is 13.1. The summed E-state index contributed by atoms with van der Waals surface area (Å²) in [4.78, 5) is 13.7. The second-order valence-electron chi connectivity index (χ2n) is 6.45. The fourth-order valence-corrected chi connectivity index (χ4v) is 4.63. The van der Waals surface area contributed by atoms with Crippen LogP contribution in [0.2, 0.25) is 0 Å². The van der Waals surface area contributed by atoms with Crippen LogP contribution in [0, 0.1) is 0 Å². The van der Waals surface area contributed by atoms with Crippen molar-refractivity contribution in [2.24, 2.45) is 5.73 Å². The summed E-state index contributed by atoms with van der Waals surface area (Å²) >= 11 is 2.04. The first-order valence-corrected chi connectivity index (χ1v) is 9.17. The van der Waals surface area contributed by atoms with Gasteiger partial charge >= 0.3 is 0 Å². The molecule has 2 aliphatic rings. The molecule has 2 saturated heterocycles. The van der Waals surface area contributed by atoms with Gasteiger partial charge in [0.25, 0.3) is 0 Å². The van der Waals surface area contributed by atoms with E-state index in [1.165, 1.54) is 23.4 Å². The first-order chi connectivity index (χ1) is 10.6. The number of primary amides is 1. The monoisotopic (exact) mass is 319 g/mol. The van der Waals surface area contributed by atoms with E-state index in [1.54, 1.807) is 0 Å². The number of nitrogens with two attached hydrogens (primary N) is 1. The number of nitrogens with zero attached hydrogens (tertiary/aromatic N) is 1. The van der Waals surface area contributed by atoms with Gasteiger partial charge in [-0.15, -0.1) is 0 Å². The maximum atomic E-state index is 11.5. The van der Waals surface area contributed by atoms with E-state index in [0.29, 0.717) is 6.04 Å². The average Bonchev–Trinajstić information content (AvgIpc) is 3.08. The minimum absolute atomic E-state index is 0.0938. The first kappa shape index (κ1) is 15.7. The molecule has 3 N–H and O–H groups in total. The third kappa shape index (κ3) is 3.76. The zero-order valence-corrected chi connectivity index (χ0v) is 13.9. The maximum absolute atomic E-state index is 11.5. The molecule has 5 heteroatoms. The predicted octanol–water partition coefficient (Wildman–Crippen LogP) is 2.44. The van der Waals surface area contributed by atoms with Crippen molar-refractivity contribution >= 4 is 23.4 Å². The molecule has 4 nitrogen and oxygen atoms in total. The molecule has 0 unspecified atom stereocenters. The molecule has 0 aromatic heterocycles. The van der Waals surface area contributed by atoms with Gasteiger partial charge in [0.1, 0.15) is 0 Å². The number of thioether (sulfide) groups is 1. The van der Waals surface area contributed by atoms with Gasteiger partial charge in [-0.25, -0.2) is 0 Å². The Hall–Kier alpha value is -1.20. The molecule has 2 aliphatic heterocycles. The number of benzene rings is 1. The molecule has 2 heterocycles. The fourth-order valence-electron chi connectivity index (χ4n) is 3.49. The molecule has 0 saturated carbocycles. The third-order valence-electron chi connectivity index (χ3n) is 4.57. The molecular weight excluding hydrogens is 294 g/mol. The smallest absolute Gasteiger partial charge is 0.234 e. The number of amides is 1. The summed E-state index contributed by atoms with van der Waals surface area (Å²) in [6.07, 6.45) is 3.18. The van der Waals surface area contributed by atoms with Crippen LogP contribution in [-0.4, -0.2) is 40.4 Å². The Morgan fingerprint density at radius 1 is 1.50 bits per heavy atom. The van der Waals surface area contributed by atoms with Crippen LogP contribution in [0.5, 0.6) is 0 Å². The average molecular weight is 319 g/mol. The van der Waals surface area contributed by atoms with Crippen molar-refractivity contribution in [3.05, 3.63) is 29.8 Å². The van der Waals surface area contributed by atoms with Crippen molar-refractivity contribution in [2.45, 2.75) is 50.1 Å². The molecule has 2 fully saturated rings. The topological polar surface area (TPSA) is 58.4 Å². The highest BCUT2D eigenvalue weighted by Gasteiger charge is 2.28. The molecule has 0 bridgehead atoms. The Kier molecular flexibility index (Phi) is 4.93. The molecule has 1 amide bonds. The van der Waals surface area contributed by atoms with Gasteiger partial charge in [0, 0.05) is 29.3 Å². The lowest BCUT2D eigenvalue weighted by Crippen LogP contribution is -2.39. The summed E-state index contributed by atoms with van der Waals surface area (Å²) in [6.45, 7) is 4.06. The quantitative estimate of drug-likeness (QED) is 0.875. The lowest BCUT2D eigenvalue weighted by atomic mass is 10.1. The Labute approximate surface area is 136 Å². The summed E-state index contributed by atoms with van der Waals surface area (Å²) in [6, 6.07) is 9.05. The normalized spacial score (nSPS) is 28.9.